The van der Waals surface area contributed by atoms with Gasteiger partial charge in [0.25, 0.3) is 0 Å². The second-order valence-corrected chi connectivity index (χ2v) is 3.10. The Balaban J connectivity index is 2.24. The Hall–Kier alpha value is -1.25. The molecule has 0 amide bonds. The molecule has 0 radical (unpaired) electrons. The van der Waals surface area contributed by atoms with Gasteiger partial charge in [-0.1, -0.05) is 0 Å². The molecule has 1 aliphatic heterocycles. The lowest BCUT2D eigenvalue weighted by Gasteiger charge is -2.18. The van der Waals surface area contributed by atoms with Crippen molar-refractivity contribution in [3.05, 3.63) is 23.8 Å². The normalized spacial score (nSPS) is 14.5. The fraction of sp³-hybridized carbons (Fsp3) is 0.400. The summed E-state index contributed by atoms with van der Waals surface area (Å²) in [4.78, 5) is 0. The van der Waals surface area contributed by atoms with E-state index in [9.17, 15) is 4.39 Å². The fourth-order valence-corrected chi connectivity index (χ4v) is 1.60. The van der Waals surface area contributed by atoms with Gasteiger partial charge in [0.2, 0.25) is 6.86 Å². The zero-order chi connectivity index (χ0) is 9.10. The van der Waals surface area contributed by atoms with Crippen LogP contribution in [0.5, 0.6) is 5.75 Å². The molecule has 13 heavy (non-hydrogen) atoms. The second kappa shape index (κ2) is 3.64. The average Bonchev–Trinajstić information content (AvgIpc) is 2.18. The van der Waals surface area contributed by atoms with Crippen LogP contribution >= 0.6 is 0 Å². The van der Waals surface area contributed by atoms with Crippen LogP contribution in [0.1, 0.15) is 12.0 Å². The highest BCUT2D eigenvalue weighted by atomic mass is 19.1. The molecule has 2 rings (SSSR count). The molecule has 0 saturated heterocycles. The summed E-state index contributed by atoms with van der Waals surface area (Å²) in [6.07, 6.45) is 2.18. The molecule has 2 nitrogen and oxygen atoms in total. The zero-order valence-electron chi connectivity index (χ0n) is 7.35. The van der Waals surface area contributed by atoms with E-state index in [1.807, 2.05) is 12.1 Å². The maximum Gasteiger partial charge on any atom is 0.228 e. The number of hydrogen-bond acceptors (Lipinski definition) is 2. The quantitative estimate of drug-likeness (QED) is 0.756. The number of hydrogen-bond donors (Lipinski definition) is 1. The SMILES string of the molecule is FCOc1ccc2c(c1)CCCN2. The first-order chi connectivity index (χ1) is 6.40. The van der Waals surface area contributed by atoms with Crippen molar-refractivity contribution in [2.75, 3.05) is 18.7 Å². The largest absolute Gasteiger partial charge is 0.463 e. The monoisotopic (exact) mass is 181 g/mol. The van der Waals surface area contributed by atoms with E-state index in [1.54, 1.807) is 6.07 Å². The molecule has 1 heterocycles. The Morgan fingerprint density at radius 1 is 1.46 bits per heavy atom. The van der Waals surface area contributed by atoms with Gasteiger partial charge in [-0.05, 0) is 36.6 Å². The van der Waals surface area contributed by atoms with Crippen molar-refractivity contribution in [3.8, 4) is 5.75 Å². The van der Waals surface area contributed by atoms with E-state index in [-0.39, 0.29) is 0 Å². The van der Waals surface area contributed by atoms with Crippen molar-refractivity contribution in [1.29, 1.82) is 0 Å². The van der Waals surface area contributed by atoms with E-state index in [1.165, 1.54) is 5.56 Å². The van der Waals surface area contributed by atoms with Crippen molar-refractivity contribution < 1.29 is 9.13 Å². The Bertz CT molecular complexity index is 301. The predicted octanol–water partition coefficient (Wildman–Crippen LogP) is 2.35. The highest BCUT2D eigenvalue weighted by Gasteiger charge is 2.08. The smallest absolute Gasteiger partial charge is 0.228 e. The molecule has 70 valence electrons. The molecule has 3 heteroatoms. The number of nitrogens with one attached hydrogen (secondary N) is 1. The van der Waals surface area contributed by atoms with Crippen molar-refractivity contribution in [2.24, 2.45) is 0 Å². The molecule has 1 aromatic carbocycles. The van der Waals surface area contributed by atoms with Crippen LogP contribution in [0.2, 0.25) is 0 Å². The standard InChI is InChI=1S/C10H12FNO/c11-7-13-9-3-4-10-8(6-9)2-1-5-12-10/h3-4,6,12H,1-2,5,7H2. The number of benzene rings is 1. The van der Waals surface area contributed by atoms with Gasteiger partial charge in [0.15, 0.2) is 0 Å². The molecule has 0 aliphatic carbocycles. The average molecular weight is 181 g/mol. The Labute approximate surface area is 76.7 Å². The number of aryl methyl sites for hydroxylation is 1. The Morgan fingerprint density at radius 2 is 2.38 bits per heavy atom. The van der Waals surface area contributed by atoms with Crippen molar-refractivity contribution in [2.45, 2.75) is 12.8 Å². The fourth-order valence-electron chi connectivity index (χ4n) is 1.60. The van der Waals surface area contributed by atoms with Gasteiger partial charge in [0, 0.05) is 12.2 Å². The zero-order valence-corrected chi connectivity index (χ0v) is 7.35. The Kier molecular flexibility index (Phi) is 2.34. The summed E-state index contributed by atoms with van der Waals surface area (Å²) in [5.41, 5.74) is 2.37. The third-order valence-electron chi connectivity index (χ3n) is 2.24. The van der Waals surface area contributed by atoms with Crippen LogP contribution in [0.4, 0.5) is 10.1 Å². The molecule has 1 aliphatic rings. The highest BCUT2D eigenvalue weighted by molar-refractivity contribution is 5.55. The van der Waals surface area contributed by atoms with Crippen LogP contribution < -0.4 is 10.1 Å². The summed E-state index contributed by atoms with van der Waals surface area (Å²) in [5, 5.41) is 3.28. The predicted molar refractivity (Wildman–Crippen MR) is 49.9 cm³/mol. The summed E-state index contributed by atoms with van der Waals surface area (Å²) in [5.74, 6) is 0.616. The maximum atomic E-state index is 11.9. The minimum absolute atomic E-state index is 0.616. The lowest BCUT2D eigenvalue weighted by molar-refractivity contribution is 0.191. The van der Waals surface area contributed by atoms with Gasteiger partial charge in [-0.2, -0.15) is 0 Å². The molecule has 0 spiro atoms. The molecule has 0 aromatic heterocycles. The van der Waals surface area contributed by atoms with Gasteiger partial charge in [-0.15, -0.1) is 0 Å². The van der Waals surface area contributed by atoms with Gasteiger partial charge in [0.05, 0.1) is 0 Å². The molecular formula is C10H12FNO. The van der Waals surface area contributed by atoms with Gasteiger partial charge in [-0.25, -0.2) is 4.39 Å². The van der Waals surface area contributed by atoms with Gasteiger partial charge in [-0.3, -0.25) is 0 Å². The topological polar surface area (TPSA) is 21.3 Å². The third kappa shape index (κ3) is 1.74. The lowest BCUT2D eigenvalue weighted by Crippen LogP contribution is -2.11. The molecule has 0 unspecified atom stereocenters. The van der Waals surface area contributed by atoms with Crippen molar-refractivity contribution in [3.63, 3.8) is 0 Å². The number of anilines is 1. The molecule has 0 saturated carbocycles. The van der Waals surface area contributed by atoms with E-state index in [4.69, 9.17) is 4.74 Å². The summed E-state index contributed by atoms with van der Waals surface area (Å²) < 4.78 is 16.7. The number of fused-ring (bicyclic) bond motifs is 1. The molecule has 1 N–H and O–H groups in total. The molecule has 0 atom stereocenters. The van der Waals surface area contributed by atoms with Gasteiger partial charge in [0.1, 0.15) is 5.75 Å². The summed E-state index contributed by atoms with van der Waals surface area (Å²) in [6, 6.07) is 5.64. The summed E-state index contributed by atoms with van der Waals surface area (Å²) in [7, 11) is 0. The third-order valence-corrected chi connectivity index (χ3v) is 2.24. The van der Waals surface area contributed by atoms with Crippen LogP contribution in [0.3, 0.4) is 0 Å². The summed E-state index contributed by atoms with van der Waals surface area (Å²) >= 11 is 0. The second-order valence-electron chi connectivity index (χ2n) is 3.10. The van der Waals surface area contributed by atoms with E-state index in [2.05, 4.69) is 5.32 Å². The Morgan fingerprint density at radius 3 is 3.23 bits per heavy atom. The number of ether oxygens (including phenoxy) is 1. The van der Waals surface area contributed by atoms with Crippen LogP contribution in [0.25, 0.3) is 0 Å². The van der Waals surface area contributed by atoms with Gasteiger partial charge >= 0.3 is 0 Å². The van der Waals surface area contributed by atoms with E-state index >= 15 is 0 Å². The highest BCUT2D eigenvalue weighted by Crippen LogP contribution is 2.26. The van der Waals surface area contributed by atoms with Crippen LogP contribution in [0.15, 0.2) is 18.2 Å². The molecule has 0 fully saturated rings. The minimum atomic E-state index is -0.758. The molecule has 1 aromatic rings. The summed E-state index contributed by atoms with van der Waals surface area (Å²) in [6.45, 7) is 0.266. The van der Waals surface area contributed by atoms with Crippen molar-refractivity contribution >= 4 is 5.69 Å². The molecule has 0 bridgehead atoms. The molecular weight excluding hydrogens is 169 g/mol. The van der Waals surface area contributed by atoms with Crippen molar-refractivity contribution in [1.82, 2.24) is 0 Å². The minimum Gasteiger partial charge on any atom is -0.463 e. The van der Waals surface area contributed by atoms with Crippen LogP contribution in [-0.2, 0) is 6.42 Å². The van der Waals surface area contributed by atoms with Crippen LogP contribution in [-0.4, -0.2) is 13.4 Å². The first kappa shape index (κ1) is 8.35. The number of alkyl halides is 1. The van der Waals surface area contributed by atoms with Gasteiger partial charge < -0.3 is 10.1 Å². The van der Waals surface area contributed by atoms with Crippen LogP contribution in [0, 0.1) is 0 Å². The number of halogens is 1. The lowest BCUT2D eigenvalue weighted by atomic mass is 10.0. The van der Waals surface area contributed by atoms with E-state index in [0.717, 1.165) is 25.1 Å². The van der Waals surface area contributed by atoms with E-state index < -0.39 is 6.86 Å². The van der Waals surface area contributed by atoms with E-state index in [0.29, 0.717) is 5.75 Å². The first-order valence-corrected chi connectivity index (χ1v) is 4.46. The maximum absolute atomic E-state index is 11.9. The first-order valence-electron chi connectivity index (χ1n) is 4.46. The number of rotatable bonds is 2.